The van der Waals surface area contributed by atoms with Crippen molar-refractivity contribution in [1.29, 1.82) is 0 Å². The van der Waals surface area contributed by atoms with E-state index < -0.39 is 6.04 Å². The van der Waals surface area contributed by atoms with Gasteiger partial charge in [0.25, 0.3) is 0 Å². The number of nitrogens with two attached hydrogens (primary N) is 1. The maximum absolute atomic E-state index is 12.5. The summed E-state index contributed by atoms with van der Waals surface area (Å²) in [5.74, 6) is -0.0123. The number of ether oxygens (including phenoxy) is 2. The third-order valence-corrected chi connectivity index (χ3v) is 4.28. The molecule has 0 heterocycles. The van der Waals surface area contributed by atoms with Crippen LogP contribution >= 0.6 is 12.4 Å². The summed E-state index contributed by atoms with van der Waals surface area (Å²) in [6, 6.07) is -0.372. The number of hydrogen-bond donors (Lipinski definition) is 1. The number of carbonyl (C=O) groups is 1. The molecule has 1 rings (SSSR count). The van der Waals surface area contributed by atoms with Gasteiger partial charge in [0.1, 0.15) is 6.04 Å². The zero-order chi connectivity index (χ0) is 15.3. The monoisotopic (exact) mass is 322 g/mol. The minimum atomic E-state index is -0.575. The van der Waals surface area contributed by atoms with Crippen LogP contribution in [0.4, 0.5) is 0 Å². The molecule has 1 fully saturated rings. The van der Waals surface area contributed by atoms with Gasteiger partial charge in [0.15, 0.2) is 0 Å². The first-order valence-electron chi connectivity index (χ1n) is 7.56. The molecule has 0 saturated heterocycles. The van der Waals surface area contributed by atoms with Gasteiger partial charge in [0.2, 0.25) is 5.91 Å². The van der Waals surface area contributed by atoms with E-state index in [4.69, 9.17) is 15.2 Å². The van der Waals surface area contributed by atoms with E-state index >= 15 is 0 Å². The molecular formula is C15H31ClN2O3. The number of methoxy groups -OCH3 is 1. The van der Waals surface area contributed by atoms with Crippen molar-refractivity contribution in [3.63, 3.8) is 0 Å². The standard InChI is InChI=1S/C15H30N2O3.ClH/c1-6-8-17(14(18)11(16)10-19-5)12-9-13(20-7-2)15(12,3)4;/h11-13H,6-10,16H2,1-5H3;1H. The molecule has 1 saturated carbocycles. The van der Waals surface area contributed by atoms with Crippen LogP contribution in [0.5, 0.6) is 0 Å². The van der Waals surface area contributed by atoms with Crippen molar-refractivity contribution in [1.82, 2.24) is 4.90 Å². The molecule has 126 valence electrons. The second-order valence-corrected chi connectivity index (χ2v) is 6.11. The van der Waals surface area contributed by atoms with E-state index in [-0.39, 0.29) is 42.5 Å². The first kappa shape index (κ1) is 20.6. The minimum absolute atomic E-state index is 0. The summed E-state index contributed by atoms with van der Waals surface area (Å²) in [7, 11) is 1.57. The molecule has 1 aliphatic carbocycles. The van der Waals surface area contributed by atoms with E-state index in [1.165, 1.54) is 0 Å². The lowest BCUT2D eigenvalue weighted by molar-refractivity contribution is -0.168. The van der Waals surface area contributed by atoms with Crippen LogP contribution in [0.3, 0.4) is 0 Å². The molecule has 5 nitrogen and oxygen atoms in total. The van der Waals surface area contributed by atoms with Gasteiger partial charge in [-0.25, -0.2) is 0 Å². The zero-order valence-electron chi connectivity index (χ0n) is 13.9. The molecule has 1 aliphatic rings. The van der Waals surface area contributed by atoms with Crippen molar-refractivity contribution in [3.8, 4) is 0 Å². The van der Waals surface area contributed by atoms with Crippen molar-refractivity contribution in [2.45, 2.75) is 58.7 Å². The fraction of sp³-hybridized carbons (Fsp3) is 0.933. The minimum Gasteiger partial charge on any atom is -0.383 e. The van der Waals surface area contributed by atoms with Gasteiger partial charge >= 0.3 is 0 Å². The SMILES string of the molecule is CCCN(C(=O)C(N)COC)C1CC(OCC)C1(C)C.Cl. The lowest BCUT2D eigenvalue weighted by Gasteiger charge is -2.56. The highest BCUT2D eigenvalue weighted by molar-refractivity contribution is 5.85. The smallest absolute Gasteiger partial charge is 0.242 e. The van der Waals surface area contributed by atoms with Crippen molar-refractivity contribution >= 4 is 18.3 Å². The molecule has 0 aromatic heterocycles. The van der Waals surface area contributed by atoms with Crippen molar-refractivity contribution < 1.29 is 14.3 Å². The normalized spacial score (nSPS) is 24.7. The molecular weight excluding hydrogens is 292 g/mol. The maximum Gasteiger partial charge on any atom is 0.242 e. The van der Waals surface area contributed by atoms with Gasteiger partial charge in [0.05, 0.1) is 12.7 Å². The molecule has 0 aromatic carbocycles. The van der Waals surface area contributed by atoms with Gasteiger partial charge in [-0.15, -0.1) is 12.4 Å². The van der Waals surface area contributed by atoms with Crippen LogP contribution in [0.25, 0.3) is 0 Å². The molecule has 3 atom stereocenters. The summed E-state index contributed by atoms with van der Waals surface area (Å²) in [6.45, 7) is 10.1. The fourth-order valence-electron chi connectivity index (χ4n) is 3.00. The first-order valence-corrected chi connectivity index (χ1v) is 7.56. The predicted molar refractivity (Wildman–Crippen MR) is 86.7 cm³/mol. The van der Waals surface area contributed by atoms with E-state index in [1.807, 2.05) is 11.8 Å². The number of halogens is 1. The molecule has 3 unspecified atom stereocenters. The van der Waals surface area contributed by atoms with Crippen LogP contribution in [0.2, 0.25) is 0 Å². The number of hydrogen-bond acceptors (Lipinski definition) is 4. The van der Waals surface area contributed by atoms with E-state index in [1.54, 1.807) is 7.11 Å². The van der Waals surface area contributed by atoms with Gasteiger partial charge in [-0.2, -0.15) is 0 Å². The van der Waals surface area contributed by atoms with Gasteiger partial charge < -0.3 is 20.1 Å². The van der Waals surface area contributed by atoms with Gasteiger partial charge in [-0.05, 0) is 19.8 Å². The first-order chi connectivity index (χ1) is 9.39. The fourth-order valence-corrected chi connectivity index (χ4v) is 3.00. The molecule has 21 heavy (non-hydrogen) atoms. The molecule has 0 aliphatic heterocycles. The summed E-state index contributed by atoms with van der Waals surface area (Å²) in [6.07, 6.45) is 2.05. The highest BCUT2D eigenvalue weighted by Gasteiger charge is 2.52. The third kappa shape index (κ3) is 4.55. The number of carbonyl (C=O) groups excluding carboxylic acids is 1. The van der Waals surface area contributed by atoms with Crippen molar-refractivity contribution in [2.24, 2.45) is 11.1 Å². The van der Waals surface area contributed by atoms with Crippen LogP contribution < -0.4 is 5.73 Å². The van der Waals surface area contributed by atoms with Crippen LogP contribution in [0, 0.1) is 5.41 Å². The quantitative estimate of drug-likeness (QED) is 0.740. The zero-order valence-corrected chi connectivity index (χ0v) is 14.7. The molecule has 2 N–H and O–H groups in total. The van der Waals surface area contributed by atoms with E-state index in [2.05, 4.69) is 20.8 Å². The Balaban J connectivity index is 0.00000400. The van der Waals surface area contributed by atoms with Gasteiger partial charge in [-0.1, -0.05) is 20.8 Å². The Morgan fingerprint density at radius 1 is 1.43 bits per heavy atom. The predicted octanol–water partition coefficient (Wildman–Crippen LogP) is 1.82. The summed E-state index contributed by atoms with van der Waals surface area (Å²) in [5.41, 5.74) is 5.89. The van der Waals surface area contributed by atoms with Crippen LogP contribution in [-0.2, 0) is 14.3 Å². The molecule has 1 amide bonds. The lowest BCUT2D eigenvalue weighted by atomic mass is 9.63. The Morgan fingerprint density at radius 2 is 2.05 bits per heavy atom. The lowest BCUT2D eigenvalue weighted by Crippen LogP contribution is -2.65. The molecule has 0 radical (unpaired) electrons. The average molecular weight is 323 g/mol. The van der Waals surface area contributed by atoms with Crippen LogP contribution in [-0.4, -0.2) is 55.9 Å². The van der Waals surface area contributed by atoms with Crippen LogP contribution in [0.1, 0.15) is 40.5 Å². The molecule has 0 bridgehead atoms. The summed E-state index contributed by atoms with van der Waals surface area (Å²) in [4.78, 5) is 14.4. The summed E-state index contributed by atoms with van der Waals surface area (Å²) in [5, 5.41) is 0. The van der Waals surface area contributed by atoms with Gasteiger partial charge in [0, 0.05) is 31.7 Å². The molecule has 0 spiro atoms. The highest BCUT2D eigenvalue weighted by Crippen LogP contribution is 2.46. The number of amides is 1. The Morgan fingerprint density at radius 3 is 2.48 bits per heavy atom. The van der Waals surface area contributed by atoms with Crippen LogP contribution in [0.15, 0.2) is 0 Å². The second-order valence-electron chi connectivity index (χ2n) is 6.11. The van der Waals surface area contributed by atoms with E-state index in [9.17, 15) is 4.79 Å². The van der Waals surface area contributed by atoms with Crippen molar-refractivity contribution in [2.75, 3.05) is 26.9 Å². The Labute approximate surface area is 134 Å². The Kier molecular flexibility index (Phi) is 8.78. The second kappa shape index (κ2) is 8.93. The molecule has 6 heteroatoms. The number of nitrogens with zero attached hydrogens (tertiary/aromatic N) is 1. The number of rotatable bonds is 8. The Hall–Kier alpha value is -0.360. The van der Waals surface area contributed by atoms with E-state index in [0.29, 0.717) is 6.61 Å². The average Bonchev–Trinajstić information content (AvgIpc) is 2.40. The topological polar surface area (TPSA) is 64.8 Å². The largest absolute Gasteiger partial charge is 0.383 e. The van der Waals surface area contributed by atoms with E-state index in [0.717, 1.165) is 19.4 Å². The third-order valence-electron chi connectivity index (χ3n) is 4.28. The maximum atomic E-state index is 12.5. The molecule has 0 aromatic rings. The highest BCUT2D eigenvalue weighted by atomic mass is 35.5. The van der Waals surface area contributed by atoms with Crippen molar-refractivity contribution in [3.05, 3.63) is 0 Å². The Bertz CT molecular complexity index is 326. The van der Waals surface area contributed by atoms with Gasteiger partial charge in [-0.3, -0.25) is 4.79 Å². The summed E-state index contributed by atoms with van der Waals surface area (Å²) >= 11 is 0. The summed E-state index contributed by atoms with van der Waals surface area (Å²) < 4.78 is 10.7.